The summed E-state index contributed by atoms with van der Waals surface area (Å²) in [5, 5.41) is 2.73. The Bertz CT molecular complexity index is 523. The van der Waals surface area contributed by atoms with Crippen LogP contribution >= 0.6 is 0 Å². The summed E-state index contributed by atoms with van der Waals surface area (Å²) in [5.41, 5.74) is 7.85. The first-order valence-corrected chi connectivity index (χ1v) is 5.20. The van der Waals surface area contributed by atoms with Crippen LogP contribution in [0.1, 0.15) is 0 Å². The topological polar surface area (TPSA) is 93.0 Å². The molecule has 1 amide bonds. The lowest BCUT2D eigenvalue weighted by Gasteiger charge is -2.11. The molecule has 1 aromatic carbocycles. The summed E-state index contributed by atoms with van der Waals surface area (Å²) in [7, 11) is 1.50. The predicted molar refractivity (Wildman–Crippen MR) is 64.6 cm³/mol. The molecule has 1 heterocycles. The second kappa shape index (κ2) is 4.94. The fourth-order valence-corrected chi connectivity index (χ4v) is 1.55. The van der Waals surface area contributed by atoms with Crippen molar-refractivity contribution in [3.05, 3.63) is 24.5 Å². The number of amides is 1. The maximum absolute atomic E-state index is 11.7. The van der Waals surface area contributed by atoms with E-state index < -0.39 is 6.04 Å². The van der Waals surface area contributed by atoms with Gasteiger partial charge in [0.1, 0.15) is 11.6 Å². The summed E-state index contributed by atoms with van der Waals surface area (Å²) < 4.78 is 4.83. The maximum atomic E-state index is 11.7. The number of H-pyrrole nitrogens is 1. The molecule has 1 aromatic heterocycles. The molecule has 6 heteroatoms. The van der Waals surface area contributed by atoms with Crippen LogP contribution in [0.2, 0.25) is 0 Å². The molecule has 0 radical (unpaired) electrons. The number of methoxy groups -OCH3 is 1. The number of rotatable bonds is 4. The quantitative estimate of drug-likeness (QED) is 0.717. The minimum atomic E-state index is -0.686. The van der Waals surface area contributed by atoms with Crippen molar-refractivity contribution in [2.24, 2.45) is 5.73 Å². The molecule has 0 bridgehead atoms. The molecule has 0 saturated carbocycles. The maximum Gasteiger partial charge on any atom is 0.243 e. The van der Waals surface area contributed by atoms with Gasteiger partial charge in [0.25, 0.3) is 0 Å². The number of aromatic amines is 1. The van der Waals surface area contributed by atoms with Crippen LogP contribution in [0.25, 0.3) is 11.0 Å². The average Bonchev–Trinajstić information content (AvgIpc) is 2.78. The SMILES string of the molecule is COCC(N)C(=O)Nc1cccc2[nH]cnc12. The van der Waals surface area contributed by atoms with E-state index in [2.05, 4.69) is 15.3 Å². The van der Waals surface area contributed by atoms with Gasteiger partial charge in [-0.05, 0) is 12.1 Å². The summed E-state index contributed by atoms with van der Waals surface area (Å²) in [6.45, 7) is 0.183. The van der Waals surface area contributed by atoms with Gasteiger partial charge in [-0.15, -0.1) is 0 Å². The lowest BCUT2D eigenvalue weighted by Crippen LogP contribution is -2.39. The van der Waals surface area contributed by atoms with Crippen molar-refractivity contribution in [3.8, 4) is 0 Å². The molecule has 0 aliphatic carbocycles. The molecule has 0 aliphatic rings. The number of fused-ring (bicyclic) bond motifs is 1. The first-order chi connectivity index (χ1) is 8.22. The number of nitrogens with two attached hydrogens (primary N) is 1. The number of nitrogens with one attached hydrogen (secondary N) is 2. The van der Waals surface area contributed by atoms with Crippen molar-refractivity contribution in [2.45, 2.75) is 6.04 Å². The summed E-state index contributed by atoms with van der Waals surface area (Å²) in [4.78, 5) is 18.8. The van der Waals surface area contributed by atoms with E-state index in [1.54, 1.807) is 12.4 Å². The molecule has 0 aliphatic heterocycles. The lowest BCUT2D eigenvalue weighted by molar-refractivity contribution is -0.118. The molecule has 0 spiro atoms. The molecule has 0 fully saturated rings. The summed E-state index contributed by atoms with van der Waals surface area (Å²) in [6.07, 6.45) is 1.58. The highest BCUT2D eigenvalue weighted by Gasteiger charge is 2.14. The number of nitrogens with zero attached hydrogens (tertiary/aromatic N) is 1. The number of imidazole rings is 1. The predicted octanol–water partition coefficient (Wildman–Crippen LogP) is 0.475. The normalized spacial score (nSPS) is 12.6. The number of hydrogen-bond donors (Lipinski definition) is 3. The fraction of sp³-hybridized carbons (Fsp3) is 0.273. The number of carbonyl (C=O) groups excluding carboxylic acids is 1. The van der Waals surface area contributed by atoms with Crippen molar-refractivity contribution >= 4 is 22.6 Å². The van der Waals surface area contributed by atoms with E-state index in [1.165, 1.54) is 7.11 Å². The second-order valence-corrected chi connectivity index (χ2v) is 3.66. The number of carbonyl (C=O) groups is 1. The summed E-state index contributed by atoms with van der Waals surface area (Å²) in [6, 6.07) is 4.81. The summed E-state index contributed by atoms with van der Waals surface area (Å²) >= 11 is 0. The van der Waals surface area contributed by atoms with E-state index in [0.717, 1.165) is 5.52 Å². The highest BCUT2D eigenvalue weighted by molar-refractivity contribution is 6.01. The number of hydrogen-bond acceptors (Lipinski definition) is 4. The standard InChI is InChI=1S/C11H14N4O2/c1-17-5-7(12)11(16)15-9-4-2-3-8-10(9)14-6-13-8/h2-4,6-7H,5,12H2,1H3,(H,13,14)(H,15,16). The monoisotopic (exact) mass is 234 g/mol. The molecule has 6 nitrogen and oxygen atoms in total. The van der Waals surface area contributed by atoms with Crippen molar-refractivity contribution in [1.29, 1.82) is 0 Å². The Kier molecular flexibility index (Phi) is 3.36. The van der Waals surface area contributed by atoms with Crippen molar-refractivity contribution in [3.63, 3.8) is 0 Å². The first-order valence-electron chi connectivity index (χ1n) is 5.20. The van der Waals surface area contributed by atoms with Gasteiger partial charge >= 0.3 is 0 Å². The van der Waals surface area contributed by atoms with Crippen LogP contribution in [-0.2, 0) is 9.53 Å². The van der Waals surface area contributed by atoms with Crippen molar-refractivity contribution in [2.75, 3.05) is 19.0 Å². The Balaban J connectivity index is 2.18. The van der Waals surface area contributed by atoms with Gasteiger partial charge in [-0.2, -0.15) is 0 Å². The molecule has 90 valence electrons. The van der Waals surface area contributed by atoms with E-state index in [4.69, 9.17) is 10.5 Å². The Morgan fingerprint density at radius 2 is 2.47 bits per heavy atom. The molecular weight excluding hydrogens is 220 g/mol. The Labute approximate surface area is 98.2 Å². The Morgan fingerprint density at radius 3 is 3.24 bits per heavy atom. The largest absolute Gasteiger partial charge is 0.383 e. The highest BCUT2D eigenvalue weighted by atomic mass is 16.5. The van der Waals surface area contributed by atoms with Crippen molar-refractivity contribution < 1.29 is 9.53 Å². The average molecular weight is 234 g/mol. The van der Waals surface area contributed by atoms with Gasteiger partial charge in [-0.1, -0.05) is 6.07 Å². The zero-order valence-corrected chi connectivity index (χ0v) is 9.43. The lowest BCUT2D eigenvalue weighted by atomic mass is 10.2. The minimum absolute atomic E-state index is 0.183. The van der Waals surface area contributed by atoms with Crippen LogP contribution in [0.4, 0.5) is 5.69 Å². The van der Waals surface area contributed by atoms with E-state index >= 15 is 0 Å². The fourth-order valence-electron chi connectivity index (χ4n) is 1.55. The van der Waals surface area contributed by atoms with Crippen LogP contribution in [0.3, 0.4) is 0 Å². The van der Waals surface area contributed by atoms with Gasteiger partial charge in [0.05, 0.1) is 24.1 Å². The summed E-state index contributed by atoms with van der Waals surface area (Å²) in [5.74, 6) is -0.289. The van der Waals surface area contributed by atoms with E-state index in [-0.39, 0.29) is 12.5 Å². The van der Waals surface area contributed by atoms with Crippen LogP contribution in [0.5, 0.6) is 0 Å². The second-order valence-electron chi connectivity index (χ2n) is 3.66. The van der Waals surface area contributed by atoms with Crippen LogP contribution in [0, 0.1) is 0 Å². The van der Waals surface area contributed by atoms with E-state index in [0.29, 0.717) is 11.2 Å². The number of ether oxygens (including phenoxy) is 1. The number of anilines is 1. The minimum Gasteiger partial charge on any atom is -0.383 e. The molecule has 1 unspecified atom stereocenters. The molecule has 1 atom stereocenters. The third-order valence-electron chi connectivity index (χ3n) is 2.39. The van der Waals surface area contributed by atoms with Gasteiger partial charge in [0, 0.05) is 7.11 Å². The smallest absolute Gasteiger partial charge is 0.243 e. The van der Waals surface area contributed by atoms with E-state index in [9.17, 15) is 4.79 Å². The molecule has 0 saturated heterocycles. The highest BCUT2D eigenvalue weighted by Crippen LogP contribution is 2.19. The van der Waals surface area contributed by atoms with E-state index in [1.807, 2.05) is 12.1 Å². The van der Waals surface area contributed by atoms with Gasteiger partial charge in [-0.25, -0.2) is 4.98 Å². The molecule has 17 heavy (non-hydrogen) atoms. The molecule has 2 rings (SSSR count). The number of benzene rings is 1. The van der Waals surface area contributed by atoms with Gasteiger partial charge in [0.15, 0.2) is 0 Å². The molecule has 4 N–H and O–H groups in total. The molecular formula is C11H14N4O2. The Hall–Kier alpha value is -1.92. The zero-order chi connectivity index (χ0) is 12.3. The van der Waals surface area contributed by atoms with Gasteiger partial charge < -0.3 is 20.8 Å². The van der Waals surface area contributed by atoms with Gasteiger partial charge in [-0.3, -0.25) is 4.79 Å². The Morgan fingerprint density at radius 1 is 1.65 bits per heavy atom. The van der Waals surface area contributed by atoms with Crippen LogP contribution < -0.4 is 11.1 Å². The zero-order valence-electron chi connectivity index (χ0n) is 9.43. The van der Waals surface area contributed by atoms with Crippen LogP contribution in [0.15, 0.2) is 24.5 Å². The number of para-hydroxylation sites is 1. The van der Waals surface area contributed by atoms with Crippen molar-refractivity contribution in [1.82, 2.24) is 9.97 Å². The van der Waals surface area contributed by atoms with Gasteiger partial charge in [0.2, 0.25) is 5.91 Å². The molecule has 2 aromatic rings. The first kappa shape index (κ1) is 11.6. The number of aromatic nitrogens is 2. The third-order valence-corrected chi connectivity index (χ3v) is 2.39. The van der Waals surface area contributed by atoms with Crippen LogP contribution in [-0.4, -0.2) is 35.6 Å². The third kappa shape index (κ3) is 2.43.